The average molecular weight is 577 g/mol. The molecule has 0 saturated heterocycles. The first-order valence-corrected chi connectivity index (χ1v) is 14.5. The van der Waals surface area contributed by atoms with Gasteiger partial charge >= 0.3 is 5.97 Å². The average Bonchev–Trinajstić information content (AvgIpc) is 3.63. The molecule has 0 saturated carbocycles. The number of amides is 1. The van der Waals surface area contributed by atoms with E-state index in [1.54, 1.807) is 0 Å². The van der Waals surface area contributed by atoms with Gasteiger partial charge in [-0.3, -0.25) is 9.59 Å². The van der Waals surface area contributed by atoms with E-state index in [1.165, 1.54) is 0 Å². The molecule has 0 spiro atoms. The minimum absolute atomic E-state index is 0.0992. The number of carbonyl (C=O) groups is 2. The molecule has 3 aromatic heterocycles. The lowest BCUT2D eigenvalue weighted by atomic mass is 10.1. The monoisotopic (exact) mass is 576 g/mol. The number of nitrogens with two attached hydrogens (primary N) is 1. The first kappa shape index (κ1) is 30.7. The molecule has 1 aromatic carbocycles. The van der Waals surface area contributed by atoms with E-state index in [-0.39, 0.29) is 60.6 Å². The predicted molar refractivity (Wildman–Crippen MR) is 156 cm³/mol. The minimum atomic E-state index is -0.655. The number of hydrogen-bond acceptors (Lipinski definition) is 9. The van der Waals surface area contributed by atoms with Crippen LogP contribution in [0.4, 0.5) is 0 Å². The molecule has 3 heterocycles. The van der Waals surface area contributed by atoms with Gasteiger partial charge in [-0.25, -0.2) is 15.0 Å². The Kier molecular flexibility index (Phi) is 9.98. The summed E-state index contributed by atoms with van der Waals surface area (Å²) in [5.74, 6) is 2.21. The van der Waals surface area contributed by atoms with Crippen LogP contribution in [0.1, 0.15) is 87.2 Å². The van der Waals surface area contributed by atoms with E-state index < -0.39 is 5.91 Å². The molecule has 1 amide bonds. The van der Waals surface area contributed by atoms with E-state index in [2.05, 4.69) is 37.7 Å². The number of hydrogen-bond donors (Lipinski definition) is 1. The molecule has 0 aliphatic heterocycles. The zero-order valence-corrected chi connectivity index (χ0v) is 25.2. The first-order chi connectivity index (χ1) is 20.0. The molecule has 0 unspecified atom stereocenters. The fraction of sp³-hybridized carbons (Fsp3) is 0.469. The molecule has 2 N–H and O–H groups in total. The lowest BCUT2D eigenvalue weighted by Crippen LogP contribution is -2.14. The molecular weight excluding hydrogens is 536 g/mol. The van der Waals surface area contributed by atoms with Crippen LogP contribution in [-0.2, 0) is 41.8 Å². The Hall–Kier alpha value is -4.21. The van der Waals surface area contributed by atoms with E-state index in [0.29, 0.717) is 53.8 Å². The molecule has 0 aliphatic carbocycles. The highest BCUT2D eigenvalue weighted by molar-refractivity contribution is 5.92. The Morgan fingerprint density at radius 3 is 1.93 bits per heavy atom. The summed E-state index contributed by atoms with van der Waals surface area (Å²) in [6, 6.07) is 9.52. The quantitative estimate of drug-likeness (QED) is 0.169. The van der Waals surface area contributed by atoms with Crippen molar-refractivity contribution in [3.8, 4) is 23.2 Å². The van der Waals surface area contributed by atoms with Crippen molar-refractivity contribution in [2.75, 3.05) is 0 Å². The Morgan fingerprint density at radius 1 is 0.762 bits per heavy atom. The number of esters is 1. The summed E-state index contributed by atoms with van der Waals surface area (Å²) in [6.45, 7) is 12.5. The molecule has 0 radical (unpaired) electrons. The van der Waals surface area contributed by atoms with Crippen LogP contribution < -0.4 is 5.73 Å². The highest BCUT2D eigenvalue weighted by Gasteiger charge is 2.28. The summed E-state index contributed by atoms with van der Waals surface area (Å²) in [6.07, 6.45) is 2.06. The van der Waals surface area contributed by atoms with Crippen molar-refractivity contribution in [1.82, 2.24) is 15.0 Å². The second-order valence-corrected chi connectivity index (χ2v) is 11.8. The maximum atomic E-state index is 12.4. The standard InChI is InChI=1S/C32H40N4O6/c1-18(2)14-22-27(30(33)38)35-32(41-22)29-24(16-20(5)6)42-31(36-29)28-23(15-19(3)4)40-25(34-28)12-13-26(37)39-17-21-10-8-7-9-11-21/h7-11,18-20H,12-17H2,1-6H3,(H2,33,38). The van der Waals surface area contributed by atoms with Gasteiger partial charge in [-0.2, -0.15) is 0 Å². The van der Waals surface area contributed by atoms with Crippen LogP contribution >= 0.6 is 0 Å². The minimum Gasteiger partial charge on any atom is -0.461 e. The van der Waals surface area contributed by atoms with Crippen LogP contribution in [0.25, 0.3) is 23.2 Å². The van der Waals surface area contributed by atoms with Crippen molar-refractivity contribution in [1.29, 1.82) is 0 Å². The molecule has 0 bridgehead atoms. The number of carbonyl (C=O) groups excluding carboxylic acids is 2. The van der Waals surface area contributed by atoms with Crippen molar-refractivity contribution >= 4 is 11.9 Å². The summed E-state index contributed by atoms with van der Waals surface area (Å²) in [5, 5.41) is 0. The van der Waals surface area contributed by atoms with Crippen molar-refractivity contribution in [3.63, 3.8) is 0 Å². The number of nitrogens with zero attached hydrogens (tertiary/aromatic N) is 3. The van der Waals surface area contributed by atoms with E-state index >= 15 is 0 Å². The van der Waals surface area contributed by atoms with Gasteiger partial charge in [0.25, 0.3) is 5.91 Å². The summed E-state index contributed by atoms with van der Waals surface area (Å²) in [5.41, 5.74) is 7.50. The highest BCUT2D eigenvalue weighted by Crippen LogP contribution is 2.34. The first-order valence-electron chi connectivity index (χ1n) is 14.5. The molecule has 4 rings (SSSR count). The molecule has 4 aromatic rings. The Bertz CT molecular complexity index is 1500. The maximum absolute atomic E-state index is 12.4. The molecule has 42 heavy (non-hydrogen) atoms. The predicted octanol–water partition coefficient (Wildman–Crippen LogP) is 6.36. The van der Waals surface area contributed by atoms with Crippen LogP contribution in [0, 0.1) is 17.8 Å². The zero-order chi connectivity index (χ0) is 30.4. The number of benzene rings is 1. The fourth-order valence-corrected chi connectivity index (χ4v) is 4.49. The number of rotatable bonds is 14. The van der Waals surface area contributed by atoms with Crippen molar-refractivity contribution in [2.45, 2.75) is 80.3 Å². The van der Waals surface area contributed by atoms with Crippen molar-refractivity contribution in [3.05, 3.63) is 64.8 Å². The number of primary amides is 1. The maximum Gasteiger partial charge on any atom is 0.306 e. The van der Waals surface area contributed by atoms with Crippen LogP contribution in [-0.4, -0.2) is 26.8 Å². The Labute approximate surface area is 246 Å². The fourth-order valence-electron chi connectivity index (χ4n) is 4.49. The Balaban J connectivity index is 1.62. The van der Waals surface area contributed by atoms with Gasteiger partial charge in [0.15, 0.2) is 23.0 Å². The SMILES string of the molecule is CC(C)Cc1oc(-c2nc(-c3nc(CCC(=O)OCc4ccccc4)oc3CC(C)C)oc2CC(C)C)nc1C(N)=O. The summed E-state index contributed by atoms with van der Waals surface area (Å²) < 4.78 is 23.8. The van der Waals surface area contributed by atoms with Gasteiger partial charge in [-0.05, 0) is 23.3 Å². The second-order valence-electron chi connectivity index (χ2n) is 11.8. The second kappa shape index (κ2) is 13.6. The van der Waals surface area contributed by atoms with Gasteiger partial charge in [0, 0.05) is 25.7 Å². The number of oxazole rings is 3. The van der Waals surface area contributed by atoms with E-state index in [9.17, 15) is 9.59 Å². The number of aromatic nitrogens is 3. The lowest BCUT2D eigenvalue weighted by Gasteiger charge is -2.04. The van der Waals surface area contributed by atoms with Crippen LogP contribution in [0.3, 0.4) is 0 Å². The third-order valence-electron chi connectivity index (χ3n) is 6.34. The molecule has 0 fully saturated rings. The summed E-state index contributed by atoms with van der Waals surface area (Å²) in [7, 11) is 0. The molecule has 10 nitrogen and oxygen atoms in total. The normalized spacial score (nSPS) is 11.6. The van der Waals surface area contributed by atoms with Gasteiger partial charge in [0.1, 0.15) is 23.9 Å². The van der Waals surface area contributed by atoms with Gasteiger partial charge in [-0.1, -0.05) is 71.9 Å². The third-order valence-corrected chi connectivity index (χ3v) is 6.34. The van der Waals surface area contributed by atoms with E-state index in [4.69, 9.17) is 28.7 Å². The van der Waals surface area contributed by atoms with Gasteiger partial charge < -0.3 is 23.7 Å². The smallest absolute Gasteiger partial charge is 0.306 e. The zero-order valence-electron chi connectivity index (χ0n) is 25.2. The molecule has 0 atom stereocenters. The lowest BCUT2D eigenvalue weighted by molar-refractivity contribution is -0.145. The topological polar surface area (TPSA) is 147 Å². The largest absolute Gasteiger partial charge is 0.461 e. The molecular formula is C32H40N4O6. The summed E-state index contributed by atoms with van der Waals surface area (Å²) in [4.78, 5) is 38.4. The summed E-state index contributed by atoms with van der Waals surface area (Å²) >= 11 is 0. The van der Waals surface area contributed by atoms with E-state index in [1.807, 2.05) is 44.2 Å². The number of ether oxygens (including phenoxy) is 1. The van der Waals surface area contributed by atoms with Gasteiger partial charge in [0.2, 0.25) is 11.8 Å². The third kappa shape index (κ3) is 7.96. The number of aryl methyl sites for hydroxylation is 1. The Morgan fingerprint density at radius 2 is 1.31 bits per heavy atom. The van der Waals surface area contributed by atoms with Crippen molar-refractivity contribution in [2.24, 2.45) is 23.5 Å². The molecule has 0 aliphatic rings. The van der Waals surface area contributed by atoms with Gasteiger partial charge in [-0.15, -0.1) is 0 Å². The van der Waals surface area contributed by atoms with Crippen LogP contribution in [0.15, 0.2) is 43.6 Å². The molecule has 224 valence electrons. The molecule has 10 heteroatoms. The van der Waals surface area contributed by atoms with Gasteiger partial charge in [0.05, 0.1) is 6.42 Å². The van der Waals surface area contributed by atoms with E-state index in [0.717, 1.165) is 5.56 Å². The van der Waals surface area contributed by atoms with Crippen LogP contribution in [0.5, 0.6) is 0 Å². The highest BCUT2D eigenvalue weighted by atomic mass is 16.5. The van der Waals surface area contributed by atoms with Crippen molar-refractivity contribution < 1.29 is 27.6 Å². The van der Waals surface area contributed by atoms with Crippen LogP contribution in [0.2, 0.25) is 0 Å².